The normalized spacial score (nSPS) is 26.7. The largest absolute Gasteiger partial charge is 0.307 e. The summed E-state index contributed by atoms with van der Waals surface area (Å²) in [5.41, 5.74) is 0.728. The fraction of sp³-hybridized carbons (Fsp3) is 0.500. The lowest BCUT2D eigenvalue weighted by atomic mass is 9.85. The second-order valence-electron chi connectivity index (χ2n) is 3.95. The molecule has 0 radical (unpaired) electrons. The fourth-order valence-electron chi connectivity index (χ4n) is 2.38. The van der Waals surface area contributed by atoms with Gasteiger partial charge in [-0.05, 0) is 31.9 Å². The Morgan fingerprint density at radius 1 is 1.43 bits per heavy atom. The van der Waals surface area contributed by atoms with Crippen LogP contribution in [0.4, 0.5) is 4.39 Å². The van der Waals surface area contributed by atoms with Crippen molar-refractivity contribution in [3.63, 3.8) is 0 Å². The van der Waals surface area contributed by atoms with Crippen LogP contribution >= 0.6 is 0 Å². The SMILES string of the molecule is CCC1(c2ccccc2F)CCCN1. The van der Waals surface area contributed by atoms with Gasteiger partial charge in [-0.3, -0.25) is 0 Å². The first-order chi connectivity index (χ1) is 6.78. The second kappa shape index (κ2) is 3.70. The molecule has 1 heterocycles. The quantitative estimate of drug-likeness (QED) is 0.761. The van der Waals surface area contributed by atoms with Crippen molar-refractivity contribution >= 4 is 0 Å². The summed E-state index contributed by atoms with van der Waals surface area (Å²) >= 11 is 0. The maximum absolute atomic E-state index is 13.6. The highest BCUT2D eigenvalue weighted by molar-refractivity contribution is 5.27. The number of nitrogens with one attached hydrogen (secondary N) is 1. The van der Waals surface area contributed by atoms with Crippen LogP contribution in [-0.2, 0) is 5.54 Å². The molecule has 1 aliphatic heterocycles. The van der Waals surface area contributed by atoms with Crippen molar-refractivity contribution in [2.45, 2.75) is 31.7 Å². The molecule has 1 unspecified atom stereocenters. The van der Waals surface area contributed by atoms with E-state index in [1.54, 1.807) is 12.1 Å². The molecule has 1 aromatic carbocycles. The lowest BCUT2D eigenvalue weighted by Gasteiger charge is -2.29. The first-order valence-corrected chi connectivity index (χ1v) is 5.28. The summed E-state index contributed by atoms with van der Waals surface area (Å²) in [6, 6.07) is 7.11. The predicted molar refractivity (Wildman–Crippen MR) is 55.6 cm³/mol. The van der Waals surface area contributed by atoms with Gasteiger partial charge in [0, 0.05) is 11.1 Å². The Balaban J connectivity index is 2.41. The van der Waals surface area contributed by atoms with Gasteiger partial charge < -0.3 is 5.32 Å². The minimum absolute atomic E-state index is 0.0799. The van der Waals surface area contributed by atoms with E-state index in [4.69, 9.17) is 0 Å². The van der Waals surface area contributed by atoms with Gasteiger partial charge in [0.25, 0.3) is 0 Å². The molecule has 1 saturated heterocycles. The second-order valence-corrected chi connectivity index (χ2v) is 3.95. The van der Waals surface area contributed by atoms with E-state index < -0.39 is 0 Å². The molecule has 14 heavy (non-hydrogen) atoms. The van der Waals surface area contributed by atoms with Crippen LogP contribution in [0.1, 0.15) is 31.7 Å². The molecule has 0 aliphatic carbocycles. The molecule has 0 bridgehead atoms. The van der Waals surface area contributed by atoms with E-state index in [1.165, 1.54) is 0 Å². The number of hydrogen-bond acceptors (Lipinski definition) is 1. The van der Waals surface area contributed by atoms with E-state index in [2.05, 4.69) is 12.2 Å². The van der Waals surface area contributed by atoms with Gasteiger partial charge in [0.2, 0.25) is 0 Å². The molecule has 0 aromatic heterocycles. The Labute approximate surface area is 84.3 Å². The van der Waals surface area contributed by atoms with Gasteiger partial charge in [0.15, 0.2) is 0 Å². The molecule has 0 amide bonds. The standard InChI is InChI=1S/C12H16FN/c1-2-12(8-5-9-14-12)10-6-3-4-7-11(10)13/h3-4,6-7,14H,2,5,8-9H2,1H3. The molecule has 1 N–H and O–H groups in total. The number of rotatable bonds is 2. The zero-order chi connectivity index (χ0) is 10.0. The smallest absolute Gasteiger partial charge is 0.128 e. The minimum Gasteiger partial charge on any atom is -0.307 e. The molecule has 1 aromatic rings. The highest BCUT2D eigenvalue weighted by Gasteiger charge is 2.35. The lowest BCUT2D eigenvalue weighted by Crippen LogP contribution is -2.36. The highest BCUT2D eigenvalue weighted by atomic mass is 19.1. The number of halogens is 1. The summed E-state index contributed by atoms with van der Waals surface area (Å²) in [5, 5.41) is 3.44. The Morgan fingerprint density at radius 2 is 2.21 bits per heavy atom. The van der Waals surface area contributed by atoms with Gasteiger partial charge in [-0.15, -0.1) is 0 Å². The molecule has 1 nitrogen and oxygen atoms in total. The van der Waals surface area contributed by atoms with E-state index in [1.807, 2.05) is 12.1 Å². The van der Waals surface area contributed by atoms with Crippen molar-refractivity contribution in [2.75, 3.05) is 6.54 Å². The van der Waals surface area contributed by atoms with Gasteiger partial charge in [0.05, 0.1) is 0 Å². The maximum atomic E-state index is 13.6. The third-order valence-corrected chi connectivity index (χ3v) is 3.24. The first-order valence-electron chi connectivity index (χ1n) is 5.28. The van der Waals surface area contributed by atoms with E-state index in [0.29, 0.717) is 0 Å². The molecule has 0 saturated carbocycles. The fourth-order valence-corrected chi connectivity index (χ4v) is 2.38. The van der Waals surface area contributed by atoms with Gasteiger partial charge in [-0.1, -0.05) is 25.1 Å². The van der Waals surface area contributed by atoms with Gasteiger partial charge in [0.1, 0.15) is 5.82 Å². The van der Waals surface area contributed by atoms with Crippen LogP contribution in [0.2, 0.25) is 0 Å². The third-order valence-electron chi connectivity index (χ3n) is 3.24. The molecule has 2 rings (SSSR count). The van der Waals surface area contributed by atoms with Crippen molar-refractivity contribution in [1.82, 2.24) is 5.32 Å². The molecule has 0 spiro atoms. The lowest BCUT2D eigenvalue weighted by molar-refractivity contribution is 0.359. The van der Waals surface area contributed by atoms with Gasteiger partial charge >= 0.3 is 0 Å². The summed E-state index contributed by atoms with van der Waals surface area (Å²) in [7, 11) is 0. The van der Waals surface area contributed by atoms with Crippen LogP contribution in [0, 0.1) is 5.82 Å². The van der Waals surface area contributed by atoms with Crippen molar-refractivity contribution in [3.05, 3.63) is 35.6 Å². The van der Waals surface area contributed by atoms with Crippen molar-refractivity contribution in [1.29, 1.82) is 0 Å². The van der Waals surface area contributed by atoms with E-state index >= 15 is 0 Å². The van der Waals surface area contributed by atoms with Gasteiger partial charge in [-0.25, -0.2) is 4.39 Å². The molecule has 2 heteroatoms. The zero-order valence-electron chi connectivity index (χ0n) is 8.52. The van der Waals surface area contributed by atoms with Crippen molar-refractivity contribution in [2.24, 2.45) is 0 Å². The molecule has 1 aliphatic rings. The predicted octanol–water partition coefficient (Wildman–Crippen LogP) is 2.81. The Morgan fingerprint density at radius 3 is 2.79 bits per heavy atom. The van der Waals surface area contributed by atoms with Crippen molar-refractivity contribution < 1.29 is 4.39 Å². The Hall–Kier alpha value is -0.890. The molecule has 1 atom stereocenters. The average molecular weight is 193 g/mol. The highest BCUT2D eigenvalue weighted by Crippen LogP contribution is 2.35. The summed E-state index contributed by atoms with van der Waals surface area (Å²) < 4.78 is 13.6. The van der Waals surface area contributed by atoms with Crippen LogP contribution in [0.5, 0.6) is 0 Å². The zero-order valence-corrected chi connectivity index (χ0v) is 8.52. The maximum Gasteiger partial charge on any atom is 0.128 e. The topological polar surface area (TPSA) is 12.0 Å². The Kier molecular flexibility index (Phi) is 2.55. The first kappa shape index (κ1) is 9.66. The molecule has 76 valence electrons. The summed E-state index contributed by atoms with van der Waals surface area (Å²) in [6.45, 7) is 3.12. The minimum atomic E-state index is -0.106. The number of benzene rings is 1. The molecule has 1 fully saturated rings. The van der Waals surface area contributed by atoms with Crippen LogP contribution < -0.4 is 5.32 Å². The van der Waals surface area contributed by atoms with E-state index in [9.17, 15) is 4.39 Å². The van der Waals surface area contributed by atoms with Gasteiger partial charge in [-0.2, -0.15) is 0 Å². The van der Waals surface area contributed by atoms with Crippen LogP contribution in [0.3, 0.4) is 0 Å². The molecular formula is C12H16FN. The monoisotopic (exact) mass is 193 g/mol. The Bertz CT molecular complexity index is 316. The van der Waals surface area contributed by atoms with Crippen LogP contribution in [-0.4, -0.2) is 6.54 Å². The third kappa shape index (κ3) is 1.44. The van der Waals surface area contributed by atoms with Crippen molar-refractivity contribution in [3.8, 4) is 0 Å². The summed E-state index contributed by atoms with van der Waals surface area (Å²) in [6.07, 6.45) is 3.14. The number of hydrogen-bond donors (Lipinski definition) is 1. The average Bonchev–Trinajstić information content (AvgIpc) is 2.68. The summed E-state index contributed by atoms with van der Waals surface area (Å²) in [4.78, 5) is 0. The van der Waals surface area contributed by atoms with Crippen LogP contribution in [0.25, 0.3) is 0 Å². The molecular weight excluding hydrogens is 177 g/mol. The van der Waals surface area contributed by atoms with Crippen LogP contribution in [0.15, 0.2) is 24.3 Å². The summed E-state index contributed by atoms with van der Waals surface area (Å²) in [5.74, 6) is -0.0799. The van der Waals surface area contributed by atoms with E-state index in [0.717, 1.165) is 31.4 Å². The van der Waals surface area contributed by atoms with E-state index in [-0.39, 0.29) is 11.4 Å².